The molecule has 136 valence electrons. The van der Waals surface area contributed by atoms with E-state index in [1.165, 1.54) is 0 Å². The molecule has 2 heterocycles. The van der Waals surface area contributed by atoms with Gasteiger partial charge in [0.1, 0.15) is 11.4 Å². The van der Waals surface area contributed by atoms with Crippen molar-refractivity contribution in [3.05, 3.63) is 86.8 Å². The fourth-order valence-corrected chi connectivity index (χ4v) is 3.00. The van der Waals surface area contributed by atoms with Gasteiger partial charge >= 0.3 is 5.69 Å². The number of aromatic nitrogens is 5. The summed E-state index contributed by atoms with van der Waals surface area (Å²) in [6, 6.07) is 14.5. The van der Waals surface area contributed by atoms with Gasteiger partial charge in [0, 0.05) is 5.56 Å². The fraction of sp³-hybridized carbons (Fsp3) is 0.158. The highest BCUT2D eigenvalue weighted by Gasteiger charge is 2.11. The first kappa shape index (κ1) is 16.8. The molecule has 0 fully saturated rings. The number of fused-ring (bicyclic) bond motifs is 1. The highest BCUT2D eigenvalue weighted by molar-refractivity contribution is 5.76. The van der Waals surface area contributed by atoms with Crippen LogP contribution in [0.5, 0.6) is 5.75 Å². The lowest BCUT2D eigenvalue weighted by atomic mass is 10.2. The van der Waals surface area contributed by atoms with Gasteiger partial charge in [-0.15, -0.1) is 5.10 Å². The smallest absolute Gasteiger partial charge is 0.329 e. The maximum absolute atomic E-state index is 12.6. The molecule has 4 aromatic rings. The number of rotatable bonds is 5. The second kappa shape index (κ2) is 6.91. The first-order valence-corrected chi connectivity index (χ1v) is 8.38. The number of hydrogen-bond acceptors (Lipinski definition) is 5. The molecule has 4 rings (SSSR count). The molecule has 0 unspecified atom stereocenters. The molecule has 8 heteroatoms. The minimum atomic E-state index is -0.474. The average Bonchev–Trinajstić information content (AvgIpc) is 3.12. The van der Waals surface area contributed by atoms with Crippen LogP contribution in [0.4, 0.5) is 0 Å². The summed E-state index contributed by atoms with van der Waals surface area (Å²) < 4.78 is 8.11. The van der Waals surface area contributed by atoms with E-state index in [9.17, 15) is 9.59 Å². The molecule has 0 bridgehead atoms. The highest BCUT2D eigenvalue weighted by Crippen LogP contribution is 2.18. The molecule has 2 aromatic heterocycles. The Hall–Kier alpha value is -3.68. The molecular formula is C19H17N5O3. The van der Waals surface area contributed by atoms with Crippen LogP contribution in [0.3, 0.4) is 0 Å². The molecule has 0 amide bonds. The Morgan fingerprint density at radius 3 is 2.67 bits per heavy atom. The SMILES string of the molecule is COc1ccccc1Cn1cc(Cn2c(=O)[nH]c3ccccc3c2=O)nn1. The van der Waals surface area contributed by atoms with Crippen LogP contribution in [0, 0.1) is 0 Å². The van der Waals surface area contributed by atoms with Crippen molar-refractivity contribution in [3.8, 4) is 5.75 Å². The zero-order valence-corrected chi connectivity index (χ0v) is 14.6. The van der Waals surface area contributed by atoms with Crippen LogP contribution in [0.15, 0.2) is 64.3 Å². The number of methoxy groups -OCH3 is 1. The van der Waals surface area contributed by atoms with Crippen LogP contribution in [0.25, 0.3) is 10.9 Å². The number of para-hydroxylation sites is 2. The van der Waals surface area contributed by atoms with E-state index in [1.807, 2.05) is 24.3 Å². The second-order valence-corrected chi connectivity index (χ2v) is 6.09. The van der Waals surface area contributed by atoms with Crippen LogP contribution >= 0.6 is 0 Å². The quantitative estimate of drug-likeness (QED) is 0.578. The molecule has 0 atom stereocenters. The summed E-state index contributed by atoms with van der Waals surface area (Å²) in [6.45, 7) is 0.519. The van der Waals surface area contributed by atoms with Gasteiger partial charge in [0.15, 0.2) is 0 Å². The number of ether oxygens (including phenoxy) is 1. The Morgan fingerprint density at radius 2 is 1.81 bits per heavy atom. The van der Waals surface area contributed by atoms with Crippen molar-refractivity contribution in [3.63, 3.8) is 0 Å². The lowest BCUT2D eigenvalue weighted by Crippen LogP contribution is -2.35. The van der Waals surface area contributed by atoms with Gasteiger partial charge in [-0.1, -0.05) is 35.5 Å². The molecule has 27 heavy (non-hydrogen) atoms. The molecule has 0 saturated heterocycles. The third-order valence-corrected chi connectivity index (χ3v) is 4.32. The van der Waals surface area contributed by atoms with Gasteiger partial charge in [-0.3, -0.25) is 9.36 Å². The molecule has 0 radical (unpaired) electrons. The van der Waals surface area contributed by atoms with E-state index in [4.69, 9.17) is 4.74 Å². The van der Waals surface area contributed by atoms with Crippen molar-refractivity contribution < 1.29 is 4.74 Å². The maximum Gasteiger partial charge on any atom is 0.329 e. The number of H-pyrrole nitrogens is 1. The Labute approximate surface area is 153 Å². The first-order valence-electron chi connectivity index (χ1n) is 8.38. The van der Waals surface area contributed by atoms with E-state index in [2.05, 4.69) is 15.3 Å². The number of nitrogens with zero attached hydrogens (tertiary/aromatic N) is 4. The summed E-state index contributed by atoms with van der Waals surface area (Å²) in [5.74, 6) is 0.761. The van der Waals surface area contributed by atoms with Crippen molar-refractivity contribution in [2.45, 2.75) is 13.1 Å². The van der Waals surface area contributed by atoms with Gasteiger partial charge in [-0.05, 0) is 18.2 Å². The van der Waals surface area contributed by atoms with E-state index >= 15 is 0 Å². The third-order valence-electron chi connectivity index (χ3n) is 4.32. The average molecular weight is 363 g/mol. The van der Waals surface area contributed by atoms with E-state index in [-0.39, 0.29) is 12.1 Å². The van der Waals surface area contributed by atoms with Gasteiger partial charge in [0.25, 0.3) is 5.56 Å². The summed E-state index contributed by atoms with van der Waals surface area (Å²) in [4.78, 5) is 27.6. The standard InChI is InChI=1S/C19H17N5O3/c1-27-17-9-5-2-6-13(17)10-23-11-14(21-22-23)12-24-18(25)15-7-3-4-8-16(15)20-19(24)26/h2-9,11H,10,12H2,1H3,(H,20,26). The summed E-state index contributed by atoms with van der Waals surface area (Å²) in [5.41, 5.74) is 1.17. The Bertz CT molecular complexity index is 1220. The zero-order valence-electron chi connectivity index (χ0n) is 14.6. The monoisotopic (exact) mass is 363 g/mol. The Morgan fingerprint density at radius 1 is 1.04 bits per heavy atom. The van der Waals surface area contributed by atoms with Crippen LogP contribution in [-0.4, -0.2) is 31.7 Å². The van der Waals surface area contributed by atoms with E-state index in [0.717, 1.165) is 15.9 Å². The fourth-order valence-electron chi connectivity index (χ4n) is 3.00. The Kier molecular flexibility index (Phi) is 4.29. The van der Waals surface area contributed by atoms with E-state index < -0.39 is 5.69 Å². The number of nitrogens with one attached hydrogen (secondary N) is 1. The number of hydrogen-bond donors (Lipinski definition) is 1. The lowest BCUT2D eigenvalue weighted by molar-refractivity contribution is 0.407. The minimum Gasteiger partial charge on any atom is -0.496 e. The Balaban J connectivity index is 1.63. The van der Waals surface area contributed by atoms with Crippen LogP contribution in [0.2, 0.25) is 0 Å². The first-order chi connectivity index (χ1) is 13.2. The summed E-state index contributed by atoms with van der Waals surface area (Å²) in [7, 11) is 1.62. The second-order valence-electron chi connectivity index (χ2n) is 6.09. The van der Waals surface area contributed by atoms with Gasteiger partial charge in [-0.2, -0.15) is 0 Å². The van der Waals surface area contributed by atoms with Crippen molar-refractivity contribution in [2.24, 2.45) is 0 Å². The molecule has 0 saturated carbocycles. The normalized spacial score (nSPS) is 11.0. The minimum absolute atomic E-state index is 0.0466. The van der Waals surface area contributed by atoms with Crippen LogP contribution in [-0.2, 0) is 13.1 Å². The topological polar surface area (TPSA) is 94.8 Å². The molecule has 2 aromatic carbocycles. The van der Waals surface area contributed by atoms with Gasteiger partial charge in [-0.25, -0.2) is 9.48 Å². The summed E-state index contributed by atoms with van der Waals surface area (Å²) in [5, 5.41) is 8.63. The van der Waals surface area contributed by atoms with E-state index in [0.29, 0.717) is 23.1 Å². The highest BCUT2D eigenvalue weighted by atomic mass is 16.5. The van der Waals surface area contributed by atoms with Crippen LogP contribution in [0.1, 0.15) is 11.3 Å². The number of benzene rings is 2. The molecule has 8 nitrogen and oxygen atoms in total. The summed E-state index contributed by atoms with van der Waals surface area (Å²) >= 11 is 0. The van der Waals surface area contributed by atoms with Gasteiger partial charge in [0.2, 0.25) is 0 Å². The van der Waals surface area contributed by atoms with Crippen LogP contribution < -0.4 is 16.0 Å². The largest absolute Gasteiger partial charge is 0.496 e. The molecular weight excluding hydrogens is 346 g/mol. The maximum atomic E-state index is 12.6. The molecule has 0 aliphatic rings. The van der Waals surface area contributed by atoms with Crippen molar-refractivity contribution in [1.82, 2.24) is 24.5 Å². The molecule has 0 spiro atoms. The zero-order chi connectivity index (χ0) is 18.8. The predicted molar refractivity (Wildman–Crippen MR) is 100 cm³/mol. The molecule has 0 aliphatic heterocycles. The van der Waals surface area contributed by atoms with E-state index in [1.54, 1.807) is 42.3 Å². The van der Waals surface area contributed by atoms with Crippen molar-refractivity contribution >= 4 is 10.9 Å². The van der Waals surface area contributed by atoms with Crippen molar-refractivity contribution in [1.29, 1.82) is 0 Å². The predicted octanol–water partition coefficient (Wildman–Crippen LogP) is 1.39. The lowest BCUT2D eigenvalue weighted by Gasteiger charge is -2.07. The molecule has 0 aliphatic carbocycles. The summed E-state index contributed by atoms with van der Waals surface area (Å²) in [6.07, 6.45) is 1.72. The van der Waals surface area contributed by atoms with Gasteiger partial charge < -0.3 is 9.72 Å². The number of aromatic amines is 1. The molecule has 1 N–H and O–H groups in total. The van der Waals surface area contributed by atoms with Crippen molar-refractivity contribution in [2.75, 3.05) is 7.11 Å². The van der Waals surface area contributed by atoms with Gasteiger partial charge in [0.05, 0.1) is 37.3 Å². The third kappa shape index (κ3) is 3.24.